The summed E-state index contributed by atoms with van der Waals surface area (Å²) in [5, 5.41) is 0. The number of esters is 1. The number of hydrogen-bond acceptors (Lipinski definition) is 3. The number of carbonyl (C=O) groups is 1. The number of benzene rings is 1. The van der Waals surface area contributed by atoms with Crippen LogP contribution in [0.15, 0.2) is 22.6 Å². The maximum atomic E-state index is 12.4. The van der Waals surface area contributed by atoms with Crippen LogP contribution in [-0.4, -0.2) is 19.3 Å². The molecule has 5 heteroatoms. The van der Waals surface area contributed by atoms with Gasteiger partial charge in [0.1, 0.15) is 0 Å². The van der Waals surface area contributed by atoms with Crippen molar-refractivity contribution in [3.8, 4) is 0 Å². The number of carbonyl (C=O) groups excluding carboxylic acids is 1. The van der Waals surface area contributed by atoms with E-state index in [2.05, 4.69) is 27.5 Å². The van der Waals surface area contributed by atoms with E-state index >= 15 is 0 Å². The van der Waals surface area contributed by atoms with Crippen molar-refractivity contribution in [2.24, 2.45) is 0 Å². The summed E-state index contributed by atoms with van der Waals surface area (Å²) in [6.45, 7) is 0. The van der Waals surface area contributed by atoms with E-state index in [9.17, 15) is 4.79 Å². The molecule has 2 heterocycles. The molecule has 110 valence electrons. The Balaban J connectivity index is 1.88. The van der Waals surface area contributed by atoms with Crippen molar-refractivity contribution in [2.75, 3.05) is 9.36 Å². The fourth-order valence-electron chi connectivity index (χ4n) is 2.98. The van der Waals surface area contributed by atoms with E-state index in [1.807, 2.05) is 18.2 Å². The molecule has 20 heavy (non-hydrogen) atoms. The van der Waals surface area contributed by atoms with Crippen molar-refractivity contribution < 1.29 is 35.2 Å². The molecule has 0 spiro atoms. The number of alkyl halides is 3. The Labute approximate surface area is 142 Å². The molecular weight excluding hydrogens is 482 g/mol. The summed E-state index contributed by atoms with van der Waals surface area (Å²) < 4.78 is 12.7. The molecule has 1 saturated carbocycles. The zero-order chi connectivity index (χ0) is 14.2. The summed E-state index contributed by atoms with van der Waals surface area (Å²) in [7, 11) is 0. The molecule has 3 rings (SSSR count). The predicted molar refractivity (Wildman–Crippen MR) is 82.2 cm³/mol. The average molecular weight is 499 g/mol. The van der Waals surface area contributed by atoms with Gasteiger partial charge in [-0.2, -0.15) is 0 Å². The van der Waals surface area contributed by atoms with Gasteiger partial charge in [0.05, 0.1) is 0 Å². The molecule has 0 saturated heterocycles. The maximum absolute atomic E-state index is 12.4. The summed E-state index contributed by atoms with van der Waals surface area (Å²) in [5.41, 5.74) is 2.42. The Bertz CT molecular complexity index is 582. The van der Waals surface area contributed by atoms with Crippen LogP contribution in [0.4, 0.5) is 0 Å². The third kappa shape index (κ3) is 2.55. The second-order valence-corrected chi connectivity index (χ2v) is 8.85. The third-order valence-corrected chi connectivity index (χ3v) is 9.05. The molecular formula is C15H17I2O3-. The first-order chi connectivity index (χ1) is 9.68. The van der Waals surface area contributed by atoms with Gasteiger partial charge in [-0.1, -0.05) is 0 Å². The fourth-order valence-corrected chi connectivity index (χ4v) is 6.55. The van der Waals surface area contributed by atoms with Gasteiger partial charge in [0.25, 0.3) is 0 Å². The van der Waals surface area contributed by atoms with Gasteiger partial charge in [-0.3, -0.25) is 0 Å². The predicted octanol–water partition coefficient (Wildman–Crippen LogP) is 0.706. The number of rotatable bonds is 5. The van der Waals surface area contributed by atoms with Crippen molar-refractivity contribution in [3.63, 3.8) is 0 Å². The molecule has 3 nitrogen and oxygen atoms in total. The molecule has 0 aromatic carbocycles. The summed E-state index contributed by atoms with van der Waals surface area (Å²) in [6, 6.07) is 6.00. The van der Waals surface area contributed by atoms with Gasteiger partial charge < -0.3 is 0 Å². The molecule has 2 aromatic heterocycles. The number of fused-ring (bicyclic) bond motifs is 2. The van der Waals surface area contributed by atoms with Crippen LogP contribution in [0.2, 0.25) is 0 Å². The Kier molecular flexibility index (Phi) is 4.45. The van der Waals surface area contributed by atoms with E-state index in [0.717, 1.165) is 46.8 Å². The van der Waals surface area contributed by atoms with Gasteiger partial charge in [-0.15, -0.1) is 0 Å². The second kappa shape index (κ2) is 5.98. The molecule has 0 aliphatic heterocycles. The minimum atomic E-state index is -0.429. The SMILES string of the molecule is C[I-]C(CI)C(=O)OC1(c2cc3ccc2o3)CCCC1. The van der Waals surface area contributed by atoms with E-state index in [-0.39, 0.29) is 31.1 Å². The van der Waals surface area contributed by atoms with Gasteiger partial charge in [0.15, 0.2) is 0 Å². The first kappa shape index (κ1) is 14.9. The van der Waals surface area contributed by atoms with Crippen molar-refractivity contribution >= 4 is 39.7 Å². The third-order valence-electron chi connectivity index (χ3n) is 4.03. The van der Waals surface area contributed by atoms with Crippen LogP contribution in [0.1, 0.15) is 31.2 Å². The molecule has 0 amide bonds. The quantitative estimate of drug-likeness (QED) is 0.346. The molecule has 1 atom stereocenters. The number of ether oxygens (including phenoxy) is 1. The minimum absolute atomic E-state index is 0.00477. The first-order valence-electron chi connectivity index (χ1n) is 6.78. The van der Waals surface area contributed by atoms with Gasteiger partial charge in [0.2, 0.25) is 0 Å². The van der Waals surface area contributed by atoms with E-state index in [4.69, 9.17) is 9.15 Å². The van der Waals surface area contributed by atoms with Crippen LogP contribution >= 0.6 is 22.6 Å². The molecule has 1 unspecified atom stereocenters. The standard InChI is InChI=1S/C15H17I2O3/c1-17-12(9-16)14(18)20-15(6-2-3-7-15)11-8-10-4-5-13(11)19-10/h4-5,8,12H,2-3,6-7,9H2,1H3/q-1. The van der Waals surface area contributed by atoms with Crippen LogP contribution in [0.3, 0.4) is 0 Å². The number of furan rings is 2. The molecule has 2 bridgehead atoms. The fraction of sp³-hybridized carbons (Fsp3) is 0.533. The molecule has 1 fully saturated rings. The van der Waals surface area contributed by atoms with Crippen molar-refractivity contribution in [1.29, 1.82) is 0 Å². The molecule has 1 aliphatic rings. The summed E-state index contributed by atoms with van der Waals surface area (Å²) in [6.07, 6.45) is 4.09. The van der Waals surface area contributed by atoms with E-state index < -0.39 is 5.60 Å². The summed E-state index contributed by atoms with van der Waals surface area (Å²) >= 11 is 2.17. The van der Waals surface area contributed by atoms with Crippen molar-refractivity contribution in [1.82, 2.24) is 0 Å². The topological polar surface area (TPSA) is 39.4 Å². The Morgan fingerprint density at radius 3 is 2.75 bits per heavy atom. The van der Waals surface area contributed by atoms with Gasteiger partial charge in [0, 0.05) is 0 Å². The first-order valence-corrected chi connectivity index (χ1v) is 11.7. The van der Waals surface area contributed by atoms with Gasteiger partial charge in [-0.05, 0) is 0 Å². The van der Waals surface area contributed by atoms with Gasteiger partial charge in [-0.25, -0.2) is 0 Å². The Morgan fingerprint density at radius 1 is 1.50 bits per heavy atom. The van der Waals surface area contributed by atoms with E-state index in [1.165, 1.54) is 0 Å². The van der Waals surface area contributed by atoms with Crippen molar-refractivity contribution in [2.45, 2.75) is 35.2 Å². The second-order valence-electron chi connectivity index (χ2n) is 5.22. The summed E-state index contributed by atoms with van der Waals surface area (Å²) in [4.78, 5) is 14.6. The molecule has 0 N–H and O–H groups in total. The average Bonchev–Trinajstić information content (AvgIpc) is 3.16. The number of hydrogen-bond donors (Lipinski definition) is 0. The van der Waals surface area contributed by atoms with Crippen LogP contribution in [0, 0.1) is 0 Å². The van der Waals surface area contributed by atoms with Crippen LogP contribution in [0.5, 0.6) is 0 Å². The zero-order valence-corrected chi connectivity index (χ0v) is 15.6. The van der Waals surface area contributed by atoms with Crippen molar-refractivity contribution in [3.05, 3.63) is 23.8 Å². The van der Waals surface area contributed by atoms with E-state index in [1.54, 1.807) is 0 Å². The van der Waals surface area contributed by atoms with Crippen LogP contribution in [-0.2, 0) is 15.1 Å². The molecule has 0 radical (unpaired) electrons. The van der Waals surface area contributed by atoms with Crippen LogP contribution in [0.25, 0.3) is 11.2 Å². The van der Waals surface area contributed by atoms with E-state index in [0.29, 0.717) is 0 Å². The monoisotopic (exact) mass is 499 g/mol. The zero-order valence-electron chi connectivity index (χ0n) is 11.3. The summed E-state index contributed by atoms with van der Waals surface area (Å²) in [5.74, 6) is -0.00477. The molecule has 1 aliphatic carbocycles. The number of halogens is 2. The molecule has 2 aromatic rings. The van der Waals surface area contributed by atoms with Gasteiger partial charge >= 0.3 is 143 Å². The Morgan fingerprint density at radius 2 is 2.25 bits per heavy atom. The Hall–Kier alpha value is -0.0500. The normalized spacial score (nSPS) is 19.7. The van der Waals surface area contributed by atoms with Crippen LogP contribution < -0.4 is 21.2 Å².